The number of aliphatic hydroxyl groups excluding tert-OH is 1. The molecule has 1 atom stereocenters. The number of carbonyl (C=O) groups is 1. The van der Waals surface area contributed by atoms with E-state index in [9.17, 15) is 9.90 Å². The Hall–Kier alpha value is -1.62. The van der Waals surface area contributed by atoms with Gasteiger partial charge in [-0.1, -0.05) is 0 Å². The van der Waals surface area contributed by atoms with Crippen LogP contribution in [0.4, 0.5) is 5.82 Å². The van der Waals surface area contributed by atoms with Crippen molar-refractivity contribution in [1.29, 1.82) is 0 Å². The number of hydrogen-bond donors (Lipinski definition) is 1. The lowest BCUT2D eigenvalue weighted by molar-refractivity contribution is -0.117. The third-order valence-corrected chi connectivity index (χ3v) is 2.33. The van der Waals surface area contributed by atoms with Crippen molar-refractivity contribution in [3.8, 4) is 5.75 Å². The van der Waals surface area contributed by atoms with Crippen molar-refractivity contribution in [1.82, 2.24) is 4.98 Å². The van der Waals surface area contributed by atoms with E-state index >= 15 is 0 Å². The van der Waals surface area contributed by atoms with E-state index in [4.69, 9.17) is 4.74 Å². The average molecular weight is 208 g/mol. The summed E-state index contributed by atoms with van der Waals surface area (Å²) >= 11 is 0. The molecule has 1 unspecified atom stereocenters. The number of hydrogen-bond acceptors (Lipinski definition) is 4. The number of aromatic nitrogens is 1. The van der Waals surface area contributed by atoms with E-state index in [2.05, 4.69) is 4.98 Å². The minimum atomic E-state index is -0.592. The molecular weight excluding hydrogens is 196 g/mol. The summed E-state index contributed by atoms with van der Waals surface area (Å²) in [4.78, 5) is 17.0. The van der Waals surface area contributed by atoms with Crippen LogP contribution < -0.4 is 9.64 Å². The van der Waals surface area contributed by atoms with E-state index < -0.39 is 6.10 Å². The largest absolute Gasteiger partial charge is 0.497 e. The van der Waals surface area contributed by atoms with Crippen molar-refractivity contribution in [3.05, 3.63) is 18.3 Å². The fourth-order valence-corrected chi connectivity index (χ4v) is 1.58. The Kier molecular flexibility index (Phi) is 2.55. The highest BCUT2D eigenvalue weighted by Gasteiger charge is 2.29. The molecule has 2 heterocycles. The lowest BCUT2D eigenvalue weighted by atomic mass is 10.3. The van der Waals surface area contributed by atoms with Crippen molar-refractivity contribution in [2.75, 3.05) is 18.6 Å². The number of nitrogens with zero attached hydrogens (tertiary/aromatic N) is 2. The normalized spacial score (nSPS) is 20.8. The van der Waals surface area contributed by atoms with Crippen LogP contribution in [0.2, 0.25) is 0 Å². The number of carbonyl (C=O) groups excluding carboxylic acids is 1. The number of rotatable bonds is 2. The molecule has 1 aromatic heterocycles. The van der Waals surface area contributed by atoms with E-state index in [1.807, 2.05) is 0 Å². The molecule has 15 heavy (non-hydrogen) atoms. The maximum atomic E-state index is 11.5. The number of aliphatic hydroxyl groups is 1. The molecule has 80 valence electrons. The Labute approximate surface area is 87.3 Å². The highest BCUT2D eigenvalue weighted by molar-refractivity contribution is 5.95. The van der Waals surface area contributed by atoms with Gasteiger partial charge in [-0.2, -0.15) is 0 Å². The molecule has 0 aromatic carbocycles. The number of anilines is 1. The number of pyridine rings is 1. The molecule has 0 radical (unpaired) electrons. The molecule has 0 bridgehead atoms. The van der Waals surface area contributed by atoms with Crippen molar-refractivity contribution in [3.63, 3.8) is 0 Å². The van der Waals surface area contributed by atoms with Crippen LogP contribution in [0.5, 0.6) is 5.75 Å². The van der Waals surface area contributed by atoms with Gasteiger partial charge in [0.05, 0.1) is 26.2 Å². The standard InChI is InChI=1S/C10H12N2O3/c1-15-8-2-3-11-9(5-8)12-6-7(13)4-10(12)14/h2-3,5,7,13H,4,6H2,1H3. The van der Waals surface area contributed by atoms with Crippen LogP contribution in [-0.2, 0) is 4.79 Å². The lowest BCUT2D eigenvalue weighted by Gasteiger charge is -2.14. The fraction of sp³-hybridized carbons (Fsp3) is 0.400. The zero-order chi connectivity index (χ0) is 10.8. The van der Waals surface area contributed by atoms with E-state index in [0.717, 1.165) is 0 Å². The first-order valence-electron chi connectivity index (χ1n) is 4.69. The van der Waals surface area contributed by atoms with Gasteiger partial charge in [-0.25, -0.2) is 4.98 Å². The summed E-state index contributed by atoms with van der Waals surface area (Å²) in [5.74, 6) is 1.06. The van der Waals surface area contributed by atoms with Gasteiger partial charge >= 0.3 is 0 Å². The van der Waals surface area contributed by atoms with Gasteiger partial charge in [-0.15, -0.1) is 0 Å². The molecule has 1 N–H and O–H groups in total. The third kappa shape index (κ3) is 1.92. The van der Waals surface area contributed by atoms with Crippen LogP contribution in [-0.4, -0.2) is 35.8 Å². The number of methoxy groups -OCH3 is 1. The fourth-order valence-electron chi connectivity index (χ4n) is 1.58. The molecule has 1 amide bonds. The van der Waals surface area contributed by atoms with Crippen LogP contribution in [0.15, 0.2) is 18.3 Å². The summed E-state index contributed by atoms with van der Waals surface area (Å²) < 4.78 is 5.04. The van der Waals surface area contributed by atoms with Gasteiger partial charge in [-0.05, 0) is 6.07 Å². The van der Waals surface area contributed by atoms with E-state index in [1.165, 1.54) is 4.90 Å². The number of amides is 1. The van der Waals surface area contributed by atoms with Gasteiger partial charge in [0, 0.05) is 12.3 Å². The van der Waals surface area contributed by atoms with Gasteiger partial charge in [0.25, 0.3) is 0 Å². The molecule has 5 heteroatoms. The summed E-state index contributed by atoms with van der Waals surface area (Å²) in [6.45, 7) is 0.305. The van der Waals surface area contributed by atoms with Gasteiger partial charge in [0.1, 0.15) is 11.6 Å². The predicted octanol–water partition coefficient (Wildman–Crippen LogP) is 0.188. The van der Waals surface area contributed by atoms with E-state index in [0.29, 0.717) is 18.1 Å². The highest BCUT2D eigenvalue weighted by atomic mass is 16.5. The average Bonchev–Trinajstić information content (AvgIpc) is 2.58. The van der Waals surface area contributed by atoms with Gasteiger partial charge in [0.15, 0.2) is 0 Å². The zero-order valence-electron chi connectivity index (χ0n) is 8.38. The first kappa shape index (κ1) is 9.92. The number of β-amino-alcohol motifs (C(OH)–C–C–N with tert-alkyl or cyclic N) is 1. The first-order chi connectivity index (χ1) is 7.20. The maximum absolute atomic E-state index is 11.5. The molecule has 5 nitrogen and oxygen atoms in total. The first-order valence-corrected chi connectivity index (χ1v) is 4.69. The van der Waals surface area contributed by atoms with Gasteiger partial charge < -0.3 is 9.84 Å². The van der Waals surface area contributed by atoms with E-state index in [1.54, 1.807) is 25.4 Å². The molecule has 1 aromatic rings. The molecule has 0 spiro atoms. The van der Waals surface area contributed by atoms with Gasteiger partial charge in [-0.3, -0.25) is 9.69 Å². The Morgan fingerprint density at radius 2 is 2.47 bits per heavy atom. The molecule has 1 aliphatic heterocycles. The van der Waals surface area contributed by atoms with E-state index in [-0.39, 0.29) is 12.3 Å². The molecule has 0 aliphatic carbocycles. The lowest BCUT2D eigenvalue weighted by Crippen LogP contribution is -2.26. The van der Waals surface area contributed by atoms with Crippen molar-refractivity contribution < 1.29 is 14.6 Å². The minimum Gasteiger partial charge on any atom is -0.497 e. The Balaban J connectivity index is 2.25. The van der Waals surface area contributed by atoms with Crippen molar-refractivity contribution >= 4 is 11.7 Å². The SMILES string of the molecule is COc1ccnc(N2CC(O)CC2=O)c1. The second kappa shape index (κ2) is 3.86. The third-order valence-electron chi connectivity index (χ3n) is 2.33. The molecule has 1 fully saturated rings. The summed E-state index contributed by atoms with van der Waals surface area (Å²) in [6, 6.07) is 3.39. The second-order valence-corrected chi connectivity index (χ2v) is 3.42. The predicted molar refractivity (Wildman–Crippen MR) is 53.8 cm³/mol. The Morgan fingerprint density at radius 1 is 1.67 bits per heavy atom. The van der Waals surface area contributed by atoms with Crippen molar-refractivity contribution in [2.24, 2.45) is 0 Å². The topological polar surface area (TPSA) is 62.7 Å². The number of ether oxygens (including phenoxy) is 1. The van der Waals surface area contributed by atoms with Crippen LogP contribution in [0, 0.1) is 0 Å². The summed E-state index contributed by atoms with van der Waals surface area (Å²) in [5, 5.41) is 9.34. The van der Waals surface area contributed by atoms with Gasteiger partial charge in [0.2, 0.25) is 5.91 Å². The second-order valence-electron chi connectivity index (χ2n) is 3.42. The molecule has 1 aliphatic rings. The smallest absolute Gasteiger partial charge is 0.230 e. The van der Waals surface area contributed by atoms with Crippen LogP contribution >= 0.6 is 0 Å². The van der Waals surface area contributed by atoms with Crippen LogP contribution in [0.3, 0.4) is 0 Å². The molecular formula is C10H12N2O3. The quantitative estimate of drug-likeness (QED) is 0.753. The van der Waals surface area contributed by atoms with Crippen LogP contribution in [0.25, 0.3) is 0 Å². The molecule has 0 saturated carbocycles. The summed E-state index contributed by atoms with van der Waals surface area (Å²) in [5.41, 5.74) is 0. The van der Waals surface area contributed by atoms with Crippen LogP contribution in [0.1, 0.15) is 6.42 Å². The maximum Gasteiger partial charge on any atom is 0.230 e. The molecule has 1 saturated heterocycles. The minimum absolute atomic E-state index is 0.108. The van der Waals surface area contributed by atoms with Crippen molar-refractivity contribution in [2.45, 2.75) is 12.5 Å². The molecule has 2 rings (SSSR count). The monoisotopic (exact) mass is 208 g/mol. The Morgan fingerprint density at radius 3 is 3.07 bits per heavy atom. The highest BCUT2D eigenvalue weighted by Crippen LogP contribution is 2.22. The Bertz CT molecular complexity index is 381. The summed E-state index contributed by atoms with van der Waals surface area (Å²) in [6.07, 6.45) is 1.15. The zero-order valence-corrected chi connectivity index (χ0v) is 8.38. The summed E-state index contributed by atoms with van der Waals surface area (Å²) in [7, 11) is 1.56.